The second-order valence-electron chi connectivity index (χ2n) is 11.0. The monoisotopic (exact) mass is 390 g/mol. The molecule has 4 heteroatoms. The van der Waals surface area contributed by atoms with Crippen LogP contribution in [0.4, 0.5) is 0 Å². The maximum absolute atomic E-state index is 11.2. The summed E-state index contributed by atoms with van der Waals surface area (Å²) in [6.45, 7) is 9.13. The summed E-state index contributed by atoms with van der Waals surface area (Å²) in [5.74, 6) is 1.51. The summed E-state index contributed by atoms with van der Waals surface area (Å²) in [7, 11) is 0. The molecule has 0 radical (unpaired) electrons. The van der Waals surface area contributed by atoms with Crippen molar-refractivity contribution in [3.63, 3.8) is 0 Å². The lowest BCUT2D eigenvalue weighted by atomic mass is 9.44. The zero-order chi connectivity index (χ0) is 20.3. The van der Waals surface area contributed by atoms with Crippen molar-refractivity contribution in [1.29, 1.82) is 0 Å². The maximum Gasteiger partial charge on any atom is 0.303 e. The lowest BCUT2D eigenvalue weighted by molar-refractivity contribution is -0.171. The average molecular weight is 391 g/mol. The molecule has 0 aliphatic heterocycles. The van der Waals surface area contributed by atoms with Crippen LogP contribution in [0.5, 0.6) is 0 Å². The van der Waals surface area contributed by atoms with E-state index in [1.54, 1.807) is 0 Å². The highest BCUT2D eigenvalue weighted by atomic mass is 16.4. The molecule has 3 N–H and O–H groups in total. The van der Waals surface area contributed by atoms with E-state index < -0.39 is 5.97 Å². The number of allylic oxidation sites excluding steroid dienone is 1. The van der Waals surface area contributed by atoms with Crippen LogP contribution in [0.1, 0.15) is 78.1 Å². The van der Waals surface area contributed by atoms with Crippen molar-refractivity contribution in [2.24, 2.45) is 40.4 Å². The van der Waals surface area contributed by atoms with Crippen LogP contribution in [0.25, 0.3) is 0 Å². The summed E-state index contributed by atoms with van der Waals surface area (Å²) >= 11 is 0. The van der Waals surface area contributed by atoms with Gasteiger partial charge >= 0.3 is 5.97 Å². The number of fused-ring (bicyclic) bond motifs is 5. The molecule has 4 fully saturated rings. The van der Waals surface area contributed by atoms with Crippen molar-refractivity contribution < 1.29 is 20.1 Å². The lowest BCUT2D eigenvalue weighted by Crippen LogP contribution is -2.58. The number of carbonyl (C=O) groups is 1. The summed E-state index contributed by atoms with van der Waals surface area (Å²) in [5.41, 5.74) is 1.51. The number of rotatable bonds is 4. The first kappa shape index (κ1) is 20.4. The third kappa shape index (κ3) is 3.06. The number of hydrogen-bond acceptors (Lipinski definition) is 3. The topological polar surface area (TPSA) is 77.8 Å². The fourth-order valence-corrected chi connectivity index (χ4v) is 8.31. The Morgan fingerprint density at radius 3 is 2.36 bits per heavy atom. The molecule has 4 aliphatic carbocycles. The van der Waals surface area contributed by atoms with E-state index in [4.69, 9.17) is 5.11 Å². The first-order valence-electron chi connectivity index (χ1n) is 11.4. The third-order valence-electron chi connectivity index (χ3n) is 9.81. The Morgan fingerprint density at radius 2 is 1.64 bits per heavy atom. The Kier molecular flexibility index (Phi) is 5.19. The van der Waals surface area contributed by atoms with Gasteiger partial charge in [0.1, 0.15) is 0 Å². The van der Waals surface area contributed by atoms with E-state index in [9.17, 15) is 15.0 Å². The van der Waals surface area contributed by atoms with Crippen molar-refractivity contribution in [3.8, 4) is 0 Å². The molecule has 0 amide bonds. The normalized spacial score (nSPS) is 50.4. The summed E-state index contributed by atoms with van der Waals surface area (Å²) in [6, 6.07) is 0. The third-order valence-corrected chi connectivity index (χ3v) is 9.81. The predicted molar refractivity (Wildman–Crippen MR) is 109 cm³/mol. The molecular weight excluding hydrogens is 352 g/mol. The Morgan fingerprint density at radius 1 is 0.964 bits per heavy atom. The number of aliphatic carboxylic acids is 1. The van der Waals surface area contributed by atoms with Gasteiger partial charge in [0.15, 0.2) is 0 Å². The Labute approximate surface area is 169 Å². The van der Waals surface area contributed by atoms with Gasteiger partial charge in [0.25, 0.3) is 0 Å². The molecule has 28 heavy (non-hydrogen) atoms. The molecule has 4 aliphatic rings. The Hall–Kier alpha value is -0.870. The minimum Gasteiger partial charge on any atom is -0.481 e. The summed E-state index contributed by atoms with van der Waals surface area (Å²) in [4.78, 5) is 11.0. The molecular formula is C24H38O4. The van der Waals surface area contributed by atoms with Crippen LogP contribution in [0.3, 0.4) is 0 Å². The maximum atomic E-state index is 11.2. The number of carboxylic acids is 1. The van der Waals surface area contributed by atoms with E-state index >= 15 is 0 Å². The van der Waals surface area contributed by atoms with Crippen LogP contribution in [0.2, 0.25) is 0 Å². The van der Waals surface area contributed by atoms with E-state index in [0.717, 1.165) is 56.9 Å². The van der Waals surface area contributed by atoms with Gasteiger partial charge in [-0.1, -0.05) is 26.0 Å². The first-order valence-corrected chi connectivity index (χ1v) is 11.4. The van der Waals surface area contributed by atoms with E-state index in [2.05, 4.69) is 20.4 Å². The molecule has 0 aromatic rings. The van der Waals surface area contributed by atoms with Crippen LogP contribution in [0, 0.1) is 40.4 Å². The second kappa shape index (κ2) is 7.12. The fourth-order valence-electron chi connectivity index (χ4n) is 8.31. The number of hydrogen-bond donors (Lipinski definition) is 3. The smallest absolute Gasteiger partial charge is 0.303 e. The second-order valence-corrected chi connectivity index (χ2v) is 11.0. The fraction of sp³-hybridized carbons (Fsp3) is 0.875. The molecule has 0 saturated heterocycles. The van der Waals surface area contributed by atoms with Crippen LogP contribution < -0.4 is 0 Å². The number of carboxylic acid groups (broad SMARTS) is 1. The summed E-state index contributed by atoms with van der Waals surface area (Å²) < 4.78 is 0. The van der Waals surface area contributed by atoms with Gasteiger partial charge in [-0.25, -0.2) is 0 Å². The van der Waals surface area contributed by atoms with E-state index in [1.165, 1.54) is 0 Å². The molecule has 0 spiro atoms. The first-order chi connectivity index (χ1) is 13.2. The molecule has 1 unspecified atom stereocenters. The molecule has 0 bridgehead atoms. The van der Waals surface area contributed by atoms with Gasteiger partial charge in [0, 0.05) is 6.42 Å². The highest BCUT2D eigenvalue weighted by Gasteiger charge is 2.62. The van der Waals surface area contributed by atoms with Gasteiger partial charge in [0.05, 0.1) is 12.2 Å². The minimum absolute atomic E-state index is 0.148. The molecule has 0 aromatic heterocycles. The van der Waals surface area contributed by atoms with Crippen LogP contribution >= 0.6 is 0 Å². The van der Waals surface area contributed by atoms with Crippen molar-refractivity contribution in [2.45, 2.75) is 90.3 Å². The highest BCUT2D eigenvalue weighted by molar-refractivity contribution is 5.67. The molecule has 158 valence electrons. The molecule has 4 saturated carbocycles. The highest BCUT2D eigenvalue weighted by Crippen LogP contribution is 2.68. The molecule has 4 rings (SSSR count). The van der Waals surface area contributed by atoms with Crippen molar-refractivity contribution in [3.05, 3.63) is 12.2 Å². The zero-order valence-corrected chi connectivity index (χ0v) is 17.6. The van der Waals surface area contributed by atoms with Crippen molar-refractivity contribution in [2.75, 3.05) is 0 Å². The van der Waals surface area contributed by atoms with Gasteiger partial charge in [-0.3, -0.25) is 4.79 Å². The standard InChI is InChI=1S/C24H38O4/c1-14(4-7-21(27)28)17-5-6-18-22-19(9-11-24(17,18)3)23(2)10-8-16(25)12-15(23)13-20(22)26/h15-20,22,25-26H,1,4-13H2,2-3H3,(H,27,28)/t15-,16+,17+,18-,19-,20+,22?,23-,24+/m0/s1. The summed E-state index contributed by atoms with van der Waals surface area (Å²) in [6.07, 6.45) is 8.53. The van der Waals surface area contributed by atoms with Gasteiger partial charge in [-0.2, -0.15) is 0 Å². The van der Waals surface area contributed by atoms with Crippen LogP contribution in [-0.4, -0.2) is 33.5 Å². The Bertz CT molecular complexity index is 645. The van der Waals surface area contributed by atoms with Gasteiger partial charge in [-0.05, 0) is 98.2 Å². The number of aliphatic hydroxyl groups is 2. The quantitative estimate of drug-likeness (QED) is 0.622. The van der Waals surface area contributed by atoms with Crippen molar-refractivity contribution >= 4 is 5.97 Å². The Balaban J connectivity index is 1.56. The van der Waals surface area contributed by atoms with Crippen LogP contribution in [-0.2, 0) is 4.79 Å². The zero-order valence-electron chi connectivity index (χ0n) is 17.6. The van der Waals surface area contributed by atoms with E-state index in [1.807, 2.05) is 0 Å². The van der Waals surface area contributed by atoms with Crippen LogP contribution in [0.15, 0.2) is 12.2 Å². The van der Waals surface area contributed by atoms with Gasteiger partial charge < -0.3 is 15.3 Å². The SMILES string of the molecule is C=C(CCC(=O)O)[C@H]1CC[C@H]2C3[C@H](O)C[C@@H]4C[C@H](O)CC[C@]4(C)[C@H]3CC[C@]12C. The van der Waals surface area contributed by atoms with E-state index in [0.29, 0.717) is 36.0 Å². The van der Waals surface area contributed by atoms with E-state index in [-0.39, 0.29) is 29.5 Å². The lowest BCUT2D eigenvalue weighted by Gasteiger charge is -2.62. The largest absolute Gasteiger partial charge is 0.481 e. The minimum atomic E-state index is -0.745. The van der Waals surface area contributed by atoms with Crippen molar-refractivity contribution in [1.82, 2.24) is 0 Å². The molecule has 0 aromatic carbocycles. The molecule has 0 heterocycles. The number of aliphatic hydroxyl groups excluding tert-OH is 2. The molecule has 9 atom stereocenters. The molecule has 4 nitrogen and oxygen atoms in total. The average Bonchev–Trinajstić information content (AvgIpc) is 2.98. The van der Waals surface area contributed by atoms with Gasteiger partial charge in [-0.15, -0.1) is 0 Å². The predicted octanol–water partition coefficient (Wildman–Crippen LogP) is 4.40. The summed E-state index contributed by atoms with van der Waals surface area (Å²) in [5, 5.41) is 30.5. The van der Waals surface area contributed by atoms with Gasteiger partial charge in [0.2, 0.25) is 0 Å².